The van der Waals surface area contributed by atoms with E-state index in [1.54, 1.807) is 0 Å². The Morgan fingerprint density at radius 2 is 2.00 bits per heavy atom. The zero-order chi connectivity index (χ0) is 14.3. The SMILES string of the molecule is CCCC1CCC(n2c(=S)[nH]c3c(C)nn(C)c32)CC1. The topological polar surface area (TPSA) is 38.5 Å². The maximum atomic E-state index is 5.55. The van der Waals surface area contributed by atoms with Gasteiger partial charge in [-0.1, -0.05) is 19.8 Å². The number of H-pyrrole nitrogens is 1. The molecule has 3 rings (SSSR count). The summed E-state index contributed by atoms with van der Waals surface area (Å²) in [5.41, 5.74) is 3.30. The molecule has 1 aliphatic carbocycles. The first-order valence-corrected chi connectivity index (χ1v) is 8.16. The predicted molar refractivity (Wildman–Crippen MR) is 84.5 cm³/mol. The van der Waals surface area contributed by atoms with Gasteiger partial charge in [0, 0.05) is 13.1 Å². The van der Waals surface area contributed by atoms with Crippen LogP contribution in [0, 0.1) is 17.6 Å². The Bertz CT molecular complexity index is 655. The van der Waals surface area contributed by atoms with Crippen LogP contribution in [-0.2, 0) is 7.05 Å². The van der Waals surface area contributed by atoms with Crippen molar-refractivity contribution in [3.63, 3.8) is 0 Å². The van der Waals surface area contributed by atoms with Crippen molar-refractivity contribution in [1.29, 1.82) is 0 Å². The fraction of sp³-hybridized carbons (Fsp3) is 0.733. The van der Waals surface area contributed by atoms with Gasteiger partial charge in [-0.05, 0) is 50.7 Å². The summed E-state index contributed by atoms with van der Waals surface area (Å²) in [6, 6.07) is 0.541. The van der Waals surface area contributed by atoms with E-state index in [1.807, 2.05) is 18.7 Å². The van der Waals surface area contributed by atoms with Crippen molar-refractivity contribution in [2.45, 2.75) is 58.4 Å². The lowest BCUT2D eigenvalue weighted by atomic mass is 9.83. The van der Waals surface area contributed by atoms with Crippen molar-refractivity contribution < 1.29 is 0 Å². The first-order chi connectivity index (χ1) is 9.61. The fourth-order valence-corrected chi connectivity index (χ4v) is 4.11. The monoisotopic (exact) mass is 292 g/mol. The zero-order valence-corrected chi connectivity index (χ0v) is 13.5. The van der Waals surface area contributed by atoms with E-state index in [9.17, 15) is 0 Å². The van der Waals surface area contributed by atoms with Gasteiger partial charge in [-0.15, -0.1) is 0 Å². The quantitative estimate of drug-likeness (QED) is 0.858. The number of nitrogens with zero attached hydrogens (tertiary/aromatic N) is 3. The van der Waals surface area contributed by atoms with Gasteiger partial charge in [-0.2, -0.15) is 5.10 Å². The molecule has 5 heteroatoms. The van der Waals surface area contributed by atoms with Gasteiger partial charge in [0.2, 0.25) is 0 Å². The first-order valence-electron chi connectivity index (χ1n) is 7.75. The van der Waals surface area contributed by atoms with E-state index in [2.05, 4.69) is 21.6 Å². The van der Waals surface area contributed by atoms with Crippen LogP contribution in [0.1, 0.15) is 57.2 Å². The van der Waals surface area contributed by atoms with E-state index < -0.39 is 0 Å². The van der Waals surface area contributed by atoms with Gasteiger partial charge in [-0.3, -0.25) is 9.25 Å². The maximum absolute atomic E-state index is 5.55. The van der Waals surface area contributed by atoms with Crippen molar-refractivity contribution in [2.24, 2.45) is 13.0 Å². The van der Waals surface area contributed by atoms with Gasteiger partial charge < -0.3 is 4.98 Å². The molecule has 0 saturated heterocycles. The van der Waals surface area contributed by atoms with Gasteiger partial charge in [0.25, 0.3) is 0 Å². The van der Waals surface area contributed by atoms with Crippen LogP contribution in [-0.4, -0.2) is 19.3 Å². The van der Waals surface area contributed by atoms with E-state index in [1.165, 1.54) is 38.5 Å². The molecule has 0 aromatic carbocycles. The number of fused-ring (bicyclic) bond motifs is 1. The summed E-state index contributed by atoms with van der Waals surface area (Å²) in [5.74, 6) is 0.924. The highest BCUT2D eigenvalue weighted by molar-refractivity contribution is 7.71. The van der Waals surface area contributed by atoms with Crippen LogP contribution < -0.4 is 0 Å². The van der Waals surface area contributed by atoms with Gasteiger partial charge in [-0.25, -0.2) is 0 Å². The lowest BCUT2D eigenvalue weighted by Crippen LogP contribution is -2.19. The average molecular weight is 292 g/mol. The largest absolute Gasteiger partial charge is 0.328 e. The molecule has 110 valence electrons. The average Bonchev–Trinajstić information content (AvgIpc) is 2.89. The van der Waals surface area contributed by atoms with Crippen LogP contribution in [0.25, 0.3) is 11.2 Å². The molecular formula is C15H24N4S. The summed E-state index contributed by atoms with van der Waals surface area (Å²) in [4.78, 5) is 3.34. The van der Waals surface area contributed by atoms with Crippen LogP contribution in [0.4, 0.5) is 0 Å². The van der Waals surface area contributed by atoms with E-state index in [0.717, 1.165) is 27.5 Å². The van der Waals surface area contributed by atoms with Gasteiger partial charge in [0.15, 0.2) is 10.4 Å². The van der Waals surface area contributed by atoms with E-state index in [-0.39, 0.29) is 0 Å². The second-order valence-electron chi connectivity index (χ2n) is 6.17. The molecule has 2 aromatic rings. The molecule has 0 atom stereocenters. The molecule has 2 aromatic heterocycles. The molecule has 0 radical (unpaired) electrons. The van der Waals surface area contributed by atoms with E-state index >= 15 is 0 Å². The fourth-order valence-electron chi connectivity index (χ4n) is 3.77. The Balaban J connectivity index is 1.92. The molecule has 0 aliphatic heterocycles. The lowest BCUT2D eigenvalue weighted by molar-refractivity contribution is 0.263. The molecule has 4 nitrogen and oxygen atoms in total. The number of aromatic amines is 1. The van der Waals surface area contributed by atoms with Crippen molar-refractivity contribution in [1.82, 2.24) is 19.3 Å². The third kappa shape index (κ3) is 2.22. The Morgan fingerprint density at radius 3 is 2.65 bits per heavy atom. The highest BCUT2D eigenvalue weighted by Gasteiger charge is 2.25. The summed E-state index contributed by atoms with van der Waals surface area (Å²) < 4.78 is 5.14. The molecule has 1 saturated carbocycles. The minimum absolute atomic E-state index is 0.541. The molecular weight excluding hydrogens is 268 g/mol. The highest BCUT2D eigenvalue weighted by atomic mass is 32.1. The van der Waals surface area contributed by atoms with Crippen LogP contribution in [0.3, 0.4) is 0 Å². The summed E-state index contributed by atoms with van der Waals surface area (Å²) in [6.45, 7) is 4.33. The van der Waals surface area contributed by atoms with Crippen molar-refractivity contribution in [3.8, 4) is 0 Å². The standard InChI is InChI=1S/C15H24N4S/c1-4-5-11-6-8-12(9-7-11)19-14-13(16-15(19)20)10(2)17-18(14)3/h11-12H,4-9H2,1-3H3,(H,16,20). The Morgan fingerprint density at radius 1 is 1.30 bits per heavy atom. The molecule has 0 unspecified atom stereocenters. The van der Waals surface area contributed by atoms with Crippen molar-refractivity contribution >= 4 is 23.4 Å². The highest BCUT2D eigenvalue weighted by Crippen LogP contribution is 2.36. The molecule has 0 bridgehead atoms. The van der Waals surface area contributed by atoms with Crippen LogP contribution in [0.15, 0.2) is 0 Å². The third-order valence-electron chi connectivity index (χ3n) is 4.75. The van der Waals surface area contributed by atoms with E-state index in [4.69, 9.17) is 12.2 Å². The van der Waals surface area contributed by atoms with Crippen molar-refractivity contribution in [3.05, 3.63) is 10.5 Å². The van der Waals surface area contributed by atoms with Crippen molar-refractivity contribution in [2.75, 3.05) is 0 Å². The van der Waals surface area contributed by atoms with Gasteiger partial charge >= 0.3 is 0 Å². The molecule has 1 fully saturated rings. The molecule has 20 heavy (non-hydrogen) atoms. The molecule has 2 heterocycles. The van der Waals surface area contributed by atoms with Gasteiger partial charge in [0.05, 0.1) is 5.69 Å². The molecule has 1 aliphatic rings. The smallest absolute Gasteiger partial charge is 0.179 e. The maximum Gasteiger partial charge on any atom is 0.179 e. The number of rotatable bonds is 3. The van der Waals surface area contributed by atoms with Crippen LogP contribution >= 0.6 is 12.2 Å². The number of hydrogen-bond donors (Lipinski definition) is 1. The molecule has 0 spiro atoms. The second-order valence-corrected chi connectivity index (χ2v) is 6.56. The Hall–Kier alpha value is -1.10. The van der Waals surface area contributed by atoms with E-state index in [0.29, 0.717) is 6.04 Å². The minimum atomic E-state index is 0.541. The molecule has 0 amide bonds. The summed E-state index contributed by atoms with van der Waals surface area (Å²) in [6.07, 6.45) is 7.86. The first kappa shape index (κ1) is 13.9. The number of hydrogen-bond acceptors (Lipinski definition) is 2. The van der Waals surface area contributed by atoms with Crippen LogP contribution in [0.2, 0.25) is 0 Å². The predicted octanol–water partition coefficient (Wildman–Crippen LogP) is 4.27. The van der Waals surface area contributed by atoms with Gasteiger partial charge in [0.1, 0.15) is 5.52 Å². The Labute approximate surface area is 125 Å². The second kappa shape index (κ2) is 5.35. The number of nitrogens with one attached hydrogen (secondary N) is 1. The third-order valence-corrected chi connectivity index (χ3v) is 5.05. The minimum Gasteiger partial charge on any atom is -0.328 e. The lowest BCUT2D eigenvalue weighted by Gasteiger charge is -2.29. The zero-order valence-electron chi connectivity index (χ0n) is 12.6. The number of aromatic nitrogens is 4. The molecule has 1 N–H and O–H groups in total. The summed E-state index contributed by atoms with van der Waals surface area (Å²) in [7, 11) is 2.01. The number of aryl methyl sites for hydroxylation is 2. The summed E-state index contributed by atoms with van der Waals surface area (Å²) >= 11 is 5.55. The normalized spacial score (nSPS) is 23.6. The van der Waals surface area contributed by atoms with Crippen LogP contribution in [0.5, 0.6) is 0 Å². The Kier molecular flexibility index (Phi) is 3.71. The number of imidazole rings is 1. The summed E-state index contributed by atoms with van der Waals surface area (Å²) in [5, 5.41) is 4.51.